The zero-order chi connectivity index (χ0) is 21.9. The number of aromatic nitrogens is 1. The zero-order valence-corrected chi connectivity index (χ0v) is 18.4. The third-order valence-corrected chi connectivity index (χ3v) is 6.09. The van der Waals surface area contributed by atoms with Gasteiger partial charge in [0.2, 0.25) is 0 Å². The largest absolute Gasteiger partial charge is 0.379 e. The van der Waals surface area contributed by atoms with Crippen molar-refractivity contribution in [2.75, 3.05) is 32.8 Å². The summed E-state index contributed by atoms with van der Waals surface area (Å²) in [5.74, 6) is 7.54. The third kappa shape index (κ3) is 4.86. The number of benzene rings is 1. The summed E-state index contributed by atoms with van der Waals surface area (Å²) < 4.78 is 19.3. The Kier molecular flexibility index (Phi) is 6.22. The smallest absolute Gasteiger partial charge is 0.152 e. The van der Waals surface area contributed by atoms with E-state index in [0.717, 1.165) is 48.5 Å². The normalized spacial score (nSPS) is 21.4. The van der Waals surface area contributed by atoms with Gasteiger partial charge in [0.1, 0.15) is 17.6 Å². The Morgan fingerprint density at radius 2 is 2.03 bits per heavy atom. The van der Waals surface area contributed by atoms with Crippen LogP contribution in [0.5, 0.6) is 0 Å². The molecule has 5 rings (SSSR count). The number of aliphatic imine (C=N–C) groups is 1. The first-order chi connectivity index (χ1) is 15.7. The van der Waals surface area contributed by atoms with Crippen molar-refractivity contribution in [1.29, 1.82) is 0 Å². The van der Waals surface area contributed by atoms with E-state index in [-0.39, 0.29) is 5.82 Å². The second kappa shape index (κ2) is 9.41. The molecule has 1 atom stereocenters. The quantitative estimate of drug-likeness (QED) is 0.716. The summed E-state index contributed by atoms with van der Waals surface area (Å²) in [6.07, 6.45) is 4.01. The predicted molar refractivity (Wildman–Crippen MR) is 123 cm³/mol. The Morgan fingerprint density at radius 1 is 1.19 bits per heavy atom. The van der Waals surface area contributed by atoms with Crippen LogP contribution in [0.4, 0.5) is 4.39 Å². The first kappa shape index (κ1) is 21.1. The van der Waals surface area contributed by atoms with Gasteiger partial charge in [-0.2, -0.15) is 0 Å². The van der Waals surface area contributed by atoms with Crippen molar-refractivity contribution >= 4 is 17.4 Å². The van der Waals surface area contributed by atoms with Gasteiger partial charge in [-0.3, -0.25) is 14.9 Å². The van der Waals surface area contributed by atoms with Gasteiger partial charge in [-0.25, -0.2) is 4.39 Å². The van der Waals surface area contributed by atoms with Gasteiger partial charge >= 0.3 is 0 Å². The van der Waals surface area contributed by atoms with Gasteiger partial charge in [-0.05, 0) is 37.1 Å². The molecule has 0 bridgehead atoms. The highest BCUT2D eigenvalue weighted by Crippen LogP contribution is 2.36. The molecule has 2 fully saturated rings. The van der Waals surface area contributed by atoms with E-state index in [2.05, 4.69) is 27.0 Å². The van der Waals surface area contributed by atoms with E-state index in [9.17, 15) is 4.39 Å². The summed E-state index contributed by atoms with van der Waals surface area (Å²) in [6.45, 7) is 3.83. The average molecular weight is 451 g/mol. The fourth-order valence-electron chi connectivity index (χ4n) is 3.84. The number of pyridine rings is 1. The molecular formula is C25H24ClFN4O. The lowest BCUT2D eigenvalue weighted by molar-refractivity contribution is 0.0417. The molecule has 2 aliphatic heterocycles. The molecule has 1 aliphatic carbocycles. The van der Waals surface area contributed by atoms with Crippen molar-refractivity contribution in [2.24, 2.45) is 10.9 Å². The van der Waals surface area contributed by atoms with Gasteiger partial charge in [0.15, 0.2) is 5.84 Å². The second-order valence-corrected chi connectivity index (χ2v) is 8.62. The number of hydrogen-bond acceptors (Lipinski definition) is 5. The minimum atomic E-state index is -0.427. The van der Waals surface area contributed by atoms with Crippen LogP contribution in [0, 0.1) is 23.6 Å². The first-order valence-electron chi connectivity index (χ1n) is 10.9. The molecule has 1 saturated heterocycles. The summed E-state index contributed by atoms with van der Waals surface area (Å²) in [7, 11) is 0. The molecule has 164 valence electrons. The Balaban J connectivity index is 1.60. The molecular weight excluding hydrogens is 427 g/mol. The number of rotatable bonds is 4. The molecule has 7 heteroatoms. The molecule has 0 amide bonds. The highest BCUT2D eigenvalue weighted by molar-refractivity contribution is 6.31. The van der Waals surface area contributed by atoms with Gasteiger partial charge in [-0.15, -0.1) is 0 Å². The lowest BCUT2D eigenvalue weighted by atomic mass is 9.95. The Hall–Kier alpha value is -2.72. The van der Waals surface area contributed by atoms with Crippen molar-refractivity contribution in [3.63, 3.8) is 0 Å². The summed E-state index contributed by atoms with van der Waals surface area (Å²) in [6, 6.07) is 9.76. The number of morpholine rings is 1. The minimum absolute atomic E-state index is 0.345. The lowest BCUT2D eigenvalue weighted by Gasteiger charge is -2.32. The van der Waals surface area contributed by atoms with Crippen LogP contribution >= 0.6 is 11.6 Å². The average Bonchev–Trinajstić information content (AvgIpc) is 3.64. The molecule has 3 aliphatic rings. The zero-order valence-electron chi connectivity index (χ0n) is 17.7. The molecule has 3 heterocycles. The summed E-state index contributed by atoms with van der Waals surface area (Å²) in [4.78, 5) is 11.8. The number of halogens is 2. The number of hydrogen-bond donors (Lipinski definition) is 1. The van der Waals surface area contributed by atoms with Crippen LogP contribution in [-0.4, -0.2) is 48.6 Å². The highest BCUT2D eigenvalue weighted by Gasteiger charge is 2.29. The van der Waals surface area contributed by atoms with E-state index in [1.54, 1.807) is 12.3 Å². The fourth-order valence-corrected chi connectivity index (χ4v) is 4.11. The Labute approximate surface area is 192 Å². The molecule has 1 aromatic carbocycles. The standard InChI is InChI=1S/C25H24ClFN4O/c26-21-15-18(27)7-9-19(21)24-20(8-6-17-4-5-17)23(16-31-11-13-32-14-12-31)29-25(30-24)22-3-1-2-10-28-22/h1-3,7,9-10,15,17,24H,4-5,11-14,16H2,(H,29,30)/t24-/m0/s1. The monoisotopic (exact) mass is 450 g/mol. The summed E-state index contributed by atoms with van der Waals surface area (Å²) in [5.41, 5.74) is 3.35. The van der Waals surface area contributed by atoms with E-state index >= 15 is 0 Å². The molecule has 0 spiro atoms. The highest BCUT2D eigenvalue weighted by atomic mass is 35.5. The van der Waals surface area contributed by atoms with Crippen LogP contribution in [0.2, 0.25) is 5.02 Å². The van der Waals surface area contributed by atoms with E-state index in [1.165, 1.54) is 12.1 Å². The molecule has 1 N–H and O–H groups in total. The molecule has 2 aromatic rings. The van der Waals surface area contributed by atoms with Crippen LogP contribution in [0.15, 0.2) is 58.9 Å². The predicted octanol–water partition coefficient (Wildman–Crippen LogP) is 3.96. The second-order valence-electron chi connectivity index (χ2n) is 8.21. The topological polar surface area (TPSA) is 49.8 Å². The summed E-state index contributed by atoms with van der Waals surface area (Å²) in [5, 5.41) is 3.85. The van der Waals surface area contributed by atoms with Crippen molar-refractivity contribution < 1.29 is 9.13 Å². The van der Waals surface area contributed by atoms with Crippen LogP contribution in [0.25, 0.3) is 0 Å². The van der Waals surface area contributed by atoms with Crippen molar-refractivity contribution in [1.82, 2.24) is 15.2 Å². The van der Waals surface area contributed by atoms with Crippen molar-refractivity contribution in [2.45, 2.75) is 18.9 Å². The SMILES string of the molecule is Fc1ccc([C@@H]2N=C(c3ccccn3)NC(CN3CCOCC3)=C2C#CC2CC2)c(Cl)c1. The van der Waals surface area contributed by atoms with E-state index in [0.29, 0.717) is 36.5 Å². The summed E-state index contributed by atoms with van der Waals surface area (Å²) >= 11 is 6.49. The third-order valence-electron chi connectivity index (χ3n) is 5.76. The van der Waals surface area contributed by atoms with Crippen LogP contribution in [0.1, 0.15) is 30.1 Å². The molecule has 1 saturated carbocycles. The minimum Gasteiger partial charge on any atom is -0.379 e. The van der Waals surface area contributed by atoms with Gasteiger partial charge in [0.05, 0.1) is 18.8 Å². The molecule has 1 aromatic heterocycles. The molecule has 0 radical (unpaired) electrons. The maximum absolute atomic E-state index is 13.8. The first-order valence-corrected chi connectivity index (χ1v) is 11.3. The Bertz CT molecular complexity index is 1110. The van der Waals surface area contributed by atoms with E-state index in [1.807, 2.05) is 18.2 Å². The van der Waals surface area contributed by atoms with Gasteiger partial charge in [0, 0.05) is 48.0 Å². The molecule has 32 heavy (non-hydrogen) atoms. The van der Waals surface area contributed by atoms with E-state index < -0.39 is 6.04 Å². The maximum Gasteiger partial charge on any atom is 0.152 e. The molecule has 5 nitrogen and oxygen atoms in total. The van der Waals surface area contributed by atoms with Crippen LogP contribution in [0.3, 0.4) is 0 Å². The number of nitrogens with one attached hydrogen (secondary N) is 1. The van der Waals surface area contributed by atoms with E-state index in [4.69, 9.17) is 21.3 Å². The number of ether oxygens (including phenoxy) is 1. The van der Waals surface area contributed by atoms with Gasteiger partial charge in [0.25, 0.3) is 0 Å². The van der Waals surface area contributed by atoms with Crippen LogP contribution < -0.4 is 5.32 Å². The number of nitrogens with zero attached hydrogens (tertiary/aromatic N) is 3. The van der Waals surface area contributed by atoms with Crippen LogP contribution in [-0.2, 0) is 4.74 Å². The van der Waals surface area contributed by atoms with Crippen molar-refractivity contribution in [3.8, 4) is 11.8 Å². The van der Waals surface area contributed by atoms with Gasteiger partial charge < -0.3 is 10.1 Å². The molecule has 0 unspecified atom stereocenters. The number of amidine groups is 1. The van der Waals surface area contributed by atoms with Gasteiger partial charge in [-0.1, -0.05) is 35.6 Å². The van der Waals surface area contributed by atoms with Crippen molar-refractivity contribution in [3.05, 3.63) is 76.0 Å². The maximum atomic E-state index is 13.8. The Morgan fingerprint density at radius 3 is 2.75 bits per heavy atom. The lowest BCUT2D eigenvalue weighted by Crippen LogP contribution is -2.42. The fraction of sp³-hybridized carbons (Fsp3) is 0.360.